The van der Waals surface area contributed by atoms with Gasteiger partial charge >= 0.3 is 13.6 Å². The minimum atomic E-state index is -3.70. The van der Waals surface area contributed by atoms with Crippen molar-refractivity contribution < 1.29 is 24.0 Å². The number of hydroxylamine groups is 2. The van der Waals surface area contributed by atoms with Crippen LogP contribution in [0.15, 0.2) is 0 Å². The first-order valence-electron chi connectivity index (χ1n) is 5.18. The van der Waals surface area contributed by atoms with Crippen LogP contribution in [0.5, 0.6) is 0 Å². The summed E-state index contributed by atoms with van der Waals surface area (Å²) < 4.78 is 16.4. The van der Waals surface area contributed by atoms with Gasteiger partial charge in [-0.25, -0.2) is 4.62 Å². The van der Waals surface area contributed by atoms with Crippen molar-refractivity contribution in [3.05, 3.63) is 0 Å². The van der Waals surface area contributed by atoms with E-state index in [1.807, 2.05) is 0 Å². The number of piperazine rings is 1. The van der Waals surface area contributed by atoms with Crippen LogP contribution in [0.4, 0.5) is 0 Å². The lowest BCUT2D eigenvalue weighted by Gasteiger charge is -2.33. The quantitative estimate of drug-likeness (QED) is 0.586. The fourth-order valence-electron chi connectivity index (χ4n) is 1.48. The van der Waals surface area contributed by atoms with Gasteiger partial charge in [0.1, 0.15) is 6.04 Å². The van der Waals surface area contributed by atoms with Gasteiger partial charge < -0.3 is 15.3 Å². The second-order valence-corrected chi connectivity index (χ2v) is 5.53. The first-order chi connectivity index (χ1) is 7.46. The molecule has 0 amide bonds. The van der Waals surface area contributed by atoms with Crippen molar-refractivity contribution in [1.82, 2.24) is 10.4 Å². The van der Waals surface area contributed by atoms with Crippen LogP contribution in [0.25, 0.3) is 0 Å². The summed E-state index contributed by atoms with van der Waals surface area (Å²) in [4.78, 5) is 20.3. The summed E-state index contributed by atoms with van der Waals surface area (Å²) in [5.74, 6) is -1.07. The Hall–Kier alpha value is -0.460. The van der Waals surface area contributed by atoms with Gasteiger partial charge in [-0.05, 0) is 6.42 Å². The van der Waals surface area contributed by atoms with E-state index >= 15 is 0 Å². The third-order valence-corrected chi connectivity index (χ3v) is 3.70. The van der Waals surface area contributed by atoms with Crippen LogP contribution in [-0.4, -0.2) is 52.9 Å². The number of carbonyl (C=O) groups is 1. The summed E-state index contributed by atoms with van der Waals surface area (Å²) in [6, 6.07) is -0.911. The Balaban J connectivity index is 2.62. The van der Waals surface area contributed by atoms with Crippen molar-refractivity contribution in [3.8, 4) is 0 Å². The van der Waals surface area contributed by atoms with E-state index in [1.165, 1.54) is 0 Å². The number of carboxylic acid groups (broad SMARTS) is 1. The van der Waals surface area contributed by atoms with Crippen molar-refractivity contribution in [2.75, 3.05) is 25.8 Å². The number of hydrogen-bond acceptors (Lipinski definition) is 5. The van der Waals surface area contributed by atoms with Gasteiger partial charge in [-0.15, -0.1) is 0 Å². The monoisotopic (exact) mass is 252 g/mol. The minimum absolute atomic E-state index is 0.0310. The normalized spacial score (nSPS) is 26.2. The second-order valence-electron chi connectivity index (χ2n) is 3.64. The molecule has 1 fully saturated rings. The summed E-state index contributed by atoms with van der Waals surface area (Å²) in [6.45, 7) is 2.79. The number of rotatable bonds is 5. The molecule has 0 saturated carbocycles. The number of carboxylic acids is 1. The highest BCUT2D eigenvalue weighted by Crippen LogP contribution is 2.43. The lowest BCUT2D eigenvalue weighted by atomic mass is 10.2. The molecular formula is C8H17N2O5P. The highest BCUT2D eigenvalue weighted by molar-refractivity contribution is 7.52. The largest absolute Gasteiger partial charge is 0.480 e. The lowest BCUT2D eigenvalue weighted by molar-refractivity contribution is -0.165. The number of aliphatic carboxylic acids is 1. The van der Waals surface area contributed by atoms with E-state index in [4.69, 9.17) is 9.73 Å². The van der Waals surface area contributed by atoms with Crippen molar-refractivity contribution >= 4 is 13.6 Å². The van der Waals surface area contributed by atoms with Crippen LogP contribution < -0.4 is 5.32 Å². The third kappa shape index (κ3) is 3.84. The van der Waals surface area contributed by atoms with Crippen LogP contribution in [0.3, 0.4) is 0 Å². The third-order valence-electron chi connectivity index (χ3n) is 2.22. The van der Waals surface area contributed by atoms with Crippen LogP contribution in [0.2, 0.25) is 0 Å². The van der Waals surface area contributed by atoms with Crippen molar-refractivity contribution in [2.45, 2.75) is 19.4 Å². The van der Waals surface area contributed by atoms with Crippen molar-refractivity contribution in [2.24, 2.45) is 0 Å². The fraction of sp³-hybridized carbons (Fsp3) is 0.875. The van der Waals surface area contributed by atoms with E-state index in [1.54, 1.807) is 6.92 Å². The highest BCUT2D eigenvalue weighted by atomic mass is 31.2. The average molecular weight is 252 g/mol. The van der Waals surface area contributed by atoms with E-state index in [0.29, 0.717) is 13.0 Å². The maximum absolute atomic E-state index is 11.5. The Morgan fingerprint density at radius 3 is 2.94 bits per heavy atom. The molecule has 2 unspecified atom stereocenters. The van der Waals surface area contributed by atoms with Gasteiger partial charge in [0.2, 0.25) is 0 Å². The zero-order valence-electron chi connectivity index (χ0n) is 9.13. The molecule has 16 heavy (non-hydrogen) atoms. The molecule has 1 saturated heterocycles. The Bertz CT molecular complexity index is 298. The molecule has 0 bridgehead atoms. The first-order valence-corrected chi connectivity index (χ1v) is 6.94. The smallest absolute Gasteiger partial charge is 0.344 e. The first kappa shape index (κ1) is 13.6. The number of nitrogens with zero attached hydrogens (tertiary/aromatic N) is 1. The zero-order valence-corrected chi connectivity index (χ0v) is 10.0. The van der Waals surface area contributed by atoms with Crippen LogP contribution in [-0.2, 0) is 14.0 Å². The molecule has 8 heteroatoms. The summed E-state index contributed by atoms with van der Waals surface area (Å²) in [5.41, 5.74) is 0. The molecule has 0 aliphatic carbocycles. The SMILES string of the molecule is CCCP(=O)(O)ON1CCNCC1C(=O)O. The molecule has 1 heterocycles. The topological polar surface area (TPSA) is 99.1 Å². The molecule has 0 aromatic carbocycles. The number of nitrogens with one attached hydrogen (secondary N) is 1. The van der Waals surface area contributed by atoms with E-state index in [2.05, 4.69) is 5.32 Å². The predicted octanol–water partition coefficient (Wildman–Crippen LogP) is -0.128. The van der Waals surface area contributed by atoms with Gasteiger partial charge in [-0.2, -0.15) is 5.06 Å². The maximum Gasteiger partial charge on any atom is 0.344 e. The highest BCUT2D eigenvalue weighted by Gasteiger charge is 2.34. The summed E-state index contributed by atoms with van der Waals surface area (Å²) >= 11 is 0. The van der Waals surface area contributed by atoms with Gasteiger partial charge in [0.25, 0.3) is 0 Å². The molecule has 0 aromatic rings. The molecule has 1 aliphatic heterocycles. The average Bonchev–Trinajstić information content (AvgIpc) is 2.17. The van der Waals surface area contributed by atoms with Crippen LogP contribution >= 0.6 is 7.60 Å². The van der Waals surface area contributed by atoms with E-state index in [-0.39, 0.29) is 19.3 Å². The molecule has 0 aromatic heterocycles. The summed E-state index contributed by atoms with van der Waals surface area (Å²) in [5, 5.41) is 12.9. The molecule has 2 atom stereocenters. The van der Waals surface area contributed by atoms with Gasteiger partial charge in [-0.3, -0.25) is 9.36 Å². The van der Waals surface area contributed by atoms with E-state index in [0.717, 1.165) is 5.06 Å². The Kier molecular flexibility index (Phi) is 4.89. The van der Waals surface area contributed by atoms with Gasteiger partial charge in [0, 0.05) is 19.6 Å². The molecular weight excluding hydrogens is 235 g/mol. The maximum atomic E-state index is 11.5. The van der Waals surface area contributed by atoms with Gasteiger partial charge in [-0.1, -0.05) is 6.92 Å². The Morgan fingerprint density at radius 1 is 1.69 bits per heavy atom. The van der Waals surface area contributed by atoms with Gasteiger partial charge in [0.15, 0.2) is 0 Å². The van der Waals surface area contributed by atoms with Crippen LogP contribution in [0, 0.1) is 0 Å². The predicted molar refractivity (Wildman–Crippen MR) is 57.1 cm³/mol. The Labute approximate surface area is 93.9 Å². The fourth-order valence-corrected chi connectivity index (χ4v) is 2.65. The molecule has 0 spiro atoms. The Morgan fingerprint density at radius 2 is 2.38 bits per heavy atom. The molecule has 94 valence electrons. The van der Waals surface area contributed by atoms with Gasteiger partial charge in [0.05, 0.1) is 6.16 Å². The van der Waals surface area contributed by atoms with E-state index < -0.39 is 19.6 Å². The van der Waals surface area contributed by atoms with E-state index in [9.17, 15) is 14.3 Å². The minimum Gasteiger partial charge on any atom is -0.480 e. The second kappa shape index (κ2) is 5.75. The molecule has 1 rings (SSSR count). The van der Waals surface area contributed by atoms with Crippen molar-refractivity contribution in [1.29, 1.82) is 0 Å². The standard InChI is InChI=1S/C8H17N2O5P/c1-2-5-16(13,14)15-10-4-3-9-6-7(10)8(11)12/h7,9H,2-6H2,1H3,(H,11,12)(H,13,14). The molecule has 7 nitrogen and oxygen atoms in total. The van der Waals surface area contributed by atoms with Crippen molar-refractivity contribution in [3.63, 3.8) is 0 Å². The number of hydrogen-bond donors (Lipinski definition) is 3. The molecule has 0 radical (unpaired) electrons. The van der Waals surface area contributed by atoms with Crippen LogP contribution in [0.1, 0.15) is 13.3 Å². The summed E-state index contributed by atoms with van der Waals surface area (Å²) in [7, 11) is -3.70. The summed E-state index contributed by atoms with van der Waals surface area (Å²) in [6.07, 6.45) is 0.543. The zero-order chi connectivity index (χ0) is 12.2. The lowest BCUT2D eigenvalue weighted by Crippen LogP contribution is -2.54. The molecule has 1 aliphatic rings. The molecule has 3 N–H and O–H groups in total.